The molecule has 1 atom stereocenters. The van der Waals surface area contributed by atoms with Crippen LogP contribution in [0, 0.1) is 11.3 Å². The highest BCUT2D eigenvalue weighted by Gasteiger charge is 2.22. The van der Waals surface area contributed by atoms with E-state index in [1.165, 1.54) is 5.56 Å². The number of carbonyl (C=O) groups is 1. The molecule has 0 bridgehead atoms. The highest BCUT2D eigenvalue weighted by Crippen LogP contribution is 2.22. The van der Waals surface area contributed by atoms with Crippen LogP contribution in [-0.4, -0.2) is 60.9 Å². The van der Waals surface area contributed by atoms with E-state index in [0.29, 0.717) is 23.4 Å². The summed E-state index contributed by atoms with van der Waals surface area (Å²) in [5.74, 6) is 1.13. The Hall–Kier alpha value is -3.08. The second-order valence-electron chi connectivity index (χ2n) is 9.08. The van der Waals surface area contributed by atoms with Crippen molar-refractivity contribution in [2.45, 2.75) is 44.8 Å². The molecule has 3 rings (SSSR count). The number of rotatable bonds is 10. The lowest BCUT2D eigenvalue weighted by atomic mass is 9.94. The van der Waals surface area contributed by atoms with Crippen molar-refractivity contribution in [2.24, 2.45) is 0 Å². The zero-order chi connectivity index (χ0) is 23.8. The second-order valence-corrected chi connectivity index (χ2v) is 9.08. The molecule has 1 amide bonds. The van der Waals surface area contributed by atoms with Crippen LogP contribution in [0.4, 0.5) is 0 Å². The van der Waals surface area contributed by atoms with E-state index in [-0.39, 0.29) is 18.1 Å². The number of hydrogen-bond donors (Lipinski definition) is 2. The number of carbonyl (C=O) groups excluding carboxylic acids is 1. The fraction of sp³-hybridized carbons (Fsp3) is 0.462. The van der Waals surface area contributed by atoms with Gasteiger partial charge in [0.1, 0.15) is 30.3 Å². The van der Waals surface area contributed by atoms with Crippen LogP contribution in [0.2, 0.25) is 0 Å². The van der Waals surface area contributed by atoms with Gasteiger partial charge in [0, 0.05) is 30.7 Å². The van der Waals surface area contributed by atoms with Crippen LogP contribution in [0.1, 0.15) is 48.2 Å². The Labute approximate surface area is 195 Å². The number of β-amino-alcohol motifs (C(OH)–C–C–N with tert-alkyl or cyclic N) is 1. The summed E-state index contributed by atoms with van der Waals surface area (Å²) in [5.41, 5.74) is 1.72. The molecule has 1 fully saturated rings. The molecule has 0 spiro atoms. The summed E-state index contributed by atoms with van der Waals surface area (Å²) in [6.45, 7) is 6.06. The molecule has 0 saturated carbocycles. The Bertz CT molecular complexity index is 976. The number of nitrogens with zero attached hydrogens (tertiary/aromatic N) is 2. The summed E-state index contributed by atoms with van der Waals surface area (Å²) in [7, 11) is 1.64. The van der Waals surface area contributed by atoms with Crippen LogP contribution in [-0.2, 0) is 6.42 Å². The average molecular weight is 452 g/mol. The Morgan fingerprint density at radius 2 is 1.91 bits per heavy atom. The van der Waals surface area contributed by atoms with Crippen LogP contribution < -0.4 is 14.8 Å². The number of nitrogens with one attached hydrogen (secondary N) is 1. The van der Waals surface area contributed by atoms with Gasteiger partial charge in [0.2, 0.25) is 0 Å². The molecule has 1 aliphatic heterocycles. The lowest BCUT2D eigenvalue weighted by Crippen LogP contribution is -2.46. The predicted octanol–water partition coefficient (Wildman–Crippen LogP) is 3.15. The number of hydrogen-bond acceptors (Lipinski definition) is 6. The normalized spacial score (nSPS) is 14.6. The van der Waals surface area contributed by atoms with E-state index in [4.69, 9.17) is 9.47 Å². The van der Waals surface area contributed by atoms with Gasteiger partial charge in [0.25, 0.3) is 5.91 Å². The minimum absolute atomic E-state index is 0.0414. The molecule has 1 unspecified atom stereocenters. The number of likely N-dealkylation sites (tertiary alicyclic amines) is 1. The van der Waals surface area contributed by atoms with E-state index in [2.05, 4.69) is 25.2 Å². The largest absolute Gasteiger partial charge is 0.497 e. The molecule has 7 nitrogen and oxygen atoms in total. The van der Waals surface area contributed by atoms with Crippen molar-refractivity contribution in [1.82, 2.24) is 10.2 Å². The van der Waals surface area contributed by atoms with Crippen LogP contribution in [0.5, 0.6) is 11.5 Å². The number of benzene rings is 2. The maximum atomic E-state index is 12.6. The van der Waals surface area contributed by atoms with E-state index in [9.17, 15) is 15.2 Å². The van der Waals surface area contributed by atoms with Gasteiger partial charge in [0.15, 0.2) is 0 Å². The Balaban J connectivity index is 1.50. The molecule has 1 saturated heterocycles. The lowest BCUT2D eigenvalue weighted by Gasteiger charge is -2.28. The first-order chi connectivity index (χ1) is 15.8. The van der Waals surface area contributed by atoms with Crippen molar-refractivity contribution in [2.75, 3.05) is 33.4 Å². The summed E-state index contributed by atoms with van der Waals surface area (Å²) in [5, 5.41) is 23.3. The molecule has 1 aliphatic rings. The molecule has 2 N–H and O–H groups in total. The summed E-state index contributed by atoms with van der Waals surface area (Å²) in [6, 6.07) is 14.9. The van der Waals surface area contributed by atoms with Gasteiger partial charge in [-0.15, -0.1) is 0 Å². The lowest BCUT2D eigenvalue weighted by molar-refractivity contribution is 0.0792. The van der Waals surface area contributed by atoms with E-state index < -0.39 is 6.10 Å². The summed E-state index contributed by atoms with van der Waals surface area (Å²) in [4.78, 5) is 14.4. The molecule has 2 aromatic rings. The Morgan fingerprint density at radius 1 is 1.21 bits per heavy atom. The molecule has 1 heterocycles. The minimum atomic E-state index is -0.752. The van der Waals surface area contributed by atoms with Gasteiger partial charge >= 0.3 is 0 Å². The molecule has 0 aliphatic carbocycles. The molecule has 0 aromatic heterocycles. The number of amides is 1. The van der Waals surface area contributed by atoms with E-state index in [0.717, 1.165) is 38.1 Å². The maximum Gasteiger partial charge on any atom is 0.253 e. The van der Waals surface area contributed by atoms with Crippen LogP contribution in [0.25, 0.3) is 0 Å². The first-order valence-electron chi connectivity index (χ1n) is 11.3. The number of nitriles is 1. The van der Waals surface area contributed by atoms with Gasteiger partial charge in [-0.3, -0.25) is 4.79 Å². The van der Waals surface area contributed by atoms with E-state index >= 15 is 0 Å². The van der Waals surface area contributed by atoms with Crippen molar-refractivity contribution in [3.63, 3.8) is 0 Å². The number of ether oxygens (including phenoxy) is 2. The average Bonchev–Trinajstić information content (AvgIpc) is 3.36. The molecular weight excluding hydrogens is 418 g/mol. The third-order valence-electron chi connectivity index (χ3n) is 5.79. The van der Waals surface area contributed by atoms with Gasteiger partial charge < -0.3 is 24.8 Å². The fourth-order valence-electron chi connectivity index (χ4n) is 3.93. The van der Waals surface area contributed by atoms with E-state index in [1.807, 2.05) is 24.3 Å². The summed E-state index contributed by atoms with van der Waals surface area (Å²) >= 11 is 0. The van der Waals surface area contributed by atoms with Crippen LogP contribution >= 0.6 is 0 Å². The standard InChI is InChI=1S/C26H33N3O4/c1-26(2,15-19-6-9-23(32-3)10-7-19)28-17-22(30)18-33-24-11-8-20(14-21(24)16-27)25(31)29-12-4-5-13-29/h6-11,14,22,28,30H,4-5,12-13,15,17-18H2,1-3H3. The highest BCUT2D eigenvalue weighted by atomic mass is 16.5. The van der Waals surface area contributed by atoms with Gasteiger partial charge in [-0.25, -0.2) is 0 Å². The summed E-state index contributed by atoms with van der Waals surface area (Å²) < 4.78 is 10.9. The van der Waals surface area contributed by atoms with Crippen LogP contribution in [0.15, 0.2) is 42.5 Å². The first-order valence-corrected chi connectivity index (χ1v) is 11.3. The quantitative estimate of drug-likeness (QED) is 0.576. The van der Waals surface area contributed by atoms with Crippen molar-refractivity contribution in [3.8, 4) is 17.6 Å². The molecular formula is C26H33N3O4. The third kappa shape index (κ3) is 6.95. The van der Waals surface area contributed by atoms with Crippen molar-refractivity contribution >= 4 is 5.91 Å². The Kier molecular flexibility index (Phi) is 8.32. The monoisotopic (exact) mass is 451 g/mol. The highest BCUT2D eigenvalue weighted by molar-refractivity contribution is 5.95. The van der Waals surface area contributed by atoms with Gasteiger partial charge in [-0.1, -0.05) is 12.1 Å². The summed E-state index contributed by atoms with van der Waals surface area (Å²) in [6.07, 6.45) is 2.06. The molecule has 176 valence electrons. The smallest absolute Gasteiger partial charge is 0.253 e. The first kappa shape index (κ1) is 24.6. The van der Waals surface area contributed by atoms with Crippen LogP contribution in [0.3, 0.4) is 0 Å². The zero-order valence-corrected chi connectivity index (χ0v) is 19.6. The number of aliphatic hydroxyl groups excluding tert-OH is 1. The fourth-order valence-corrected chi connectivity index (χ4v) is 3.93. The molecule has 33 heavy (non-hydrogen) atoms. The van der Waals surface area contributed by atoms with Gasteiger partial charge in [-0.05, 0) is 69.0 Å². The van der Waals surface area contributed by atoms with Gasteiger partial charge in [0.05, 0.1) is 12.7 Å². The molecule has 7 heteroatoms. The molecule has 2 aromatic carbocycles. The van der Waals surface area contributed by atoms with Gasteiger partial charge in [-0.2, -0.15) is 5.26 Å². The van der Waals surface area contributed by atoms with Crippen molar-refractivity contribution < 1.29 is 19.4 Å². The third-order valence-corrected chi connectivity index (χ3v) is 5.79. The number of aliphatic hydroxyl groups is 1. The Morgan fingerprint density at radius 3 is 2.55 bits per heavy atom. The topological polar surface area (TPSA) is 94.8 Å². The molecule has 0 radical (unpaired) electrons. The van der Waals surface area contributed by atoms with E-state index in [1.54, 1.807) is 30.2 Å². The van der Waals surface area contributed by atoms with Crippen molar-refractivity contribution in [3.05, 3.63) is 59.2 Å². The maximum absolute atomic E-state index is 12.6. The number of methoxy groups -OCH3 is 1. The predicted molar refractivity (Wildman–Crippen MR) is 127 cm³/mol. The zero-order valence-electron chi connectivity index (χ0n) is 19.6. The van der Waals surface area contributed by atoms with Crippen molar-refractivity contribution in [1.29, 1.82) is 5.26 Å². The SMILES string of the molecule is COc1ccc(CC(C)(C)NCC(O)COc2ccc(C(=O)N3CCCC3)cc2C#N)cc1. The minimum Gasteiger partial charge on any atom is -0.497 e. The second kappa shape index (κ2) is 11.2.